The quantitative estimate of drug-likeness (QED) is 0.823. The van der Waals surface area contributed by atoms with Crippen molar-refractivity contribution in [1.82, 2.24) is 10.3 Å². The molecule has 4 nitrogen and oxygen atoms in total. The van der Waals surface area contributed by atoms with Gasteiger partial charge in [-0.3, -0.25) is 9.78 Å². The summed E-state index contributed by atoms with van der Waals surface area (Å²) in [7, 11) is 0. The summed E-state index contributed by atoms with van der Waals surface area (Å²) >= 11 is 5.22. The van der Waals surface area contributed by atoms with E-state index in [1.54, 1.807) is 0 Å². The molecule has 2 N–H and O–H groups in total. The standard InChI is InChI=1S/C10H10ClF3N2O2/c11-3-9(18)16-5-7(17)6-1-2-8(15-4-6)10(12,13)14/h1-2,4,7,17H,3,5H2,(H,16,18). The lowest BCUT2D eigenvalue weighted by molar-refractivity contribution is -0.141. The summed E-state index contributed by atoms with van der Waals surface area (Å²) in [6, 6.07) is 1.87. The number of hydrogen-bond acceptors (Lipinski definition) is 3. The molecule has 0 radical (unpaired) electrons. The number of aliphatic hydroxyl groups excluding tert-OH is 1. The molecule has 1 amide bonds. The fourth-order valence-electron chi connectivity index (χ4n) is 1.15. The minimum atomic E-state index is -4.52. The van der Waals surface area contributed by atoms with Crippen LogP contribution in [-0.2, 0) is 11.0 Å². The molecule has 0 aliphatic rings. The Balaban J connectivity index is 2.65. The maximum Gasteiger partial charge on any atom is 0.433 e. The van der Waals surface area contributed by atoms with Crippen LogP contribution in [0.15, 0.2) is 18.3 Å². The largest absolute Gasteiger partial charge is 0.433 e. The lowest BCUT2D eigenvalue weighted by atomic mass is 10.1. The Hall–Kier alpha value is -1.34. The summed E-state index contributed by atoms with van der Waals surface area (Å²) in [5, 5.41) is 11.9. The van der Waals surface area contributed by atoms with E-state index in [4.69, 9.17) is 11.6 Å². The number of nitrogens with zero attached hydrogens (tertiary/aromatic N) is 1. The van der Waals surface area contributed by atoms with E-state index >= 15 is 0 Å². The second-order valence-corrected chi connectivity index (χ2v) is 3.70. The molecule has 0 fully saturated rings. The van der Waals surface area contributed by atoms with Crippen molar-refractivity contribution in [3.63, 3.8) is 0 Å². The Kier molecular flexibility index (Phi) is 4.92. The van der Waals surface area contributed by atoms with Crippen LogP contribution >= 0.6 is 11.6 Å². The molecule has 100 valence electrons. The highest BCUT2D eigenvalue weighted by atomic mass is 35.5. The summed E-state index contributed by atoms with van der Waals surface area (Å²) in [5.74, 6) is -0.728. The van der Waals surface area contributed by atoms with E-state index < -0.39 is 23.9 Å². The topological polar surface area (TPSA) is 62.2 Å². The van der Waals surface area contributed by atoms with Gasteiger partial charge in [0.25, 0.3) is 0 Å². The number of hydrogen-bond donors (Lipinski definition) is 2. The van der Waals surface area contributed by atoms with Gasteiger partial charge in [0, 0.05) is 18.3 Å². The number of carbonyl (C=O) groups excluding carboxylic acids is 1. The SMILES string of the molecule is O=C(CCl)NCC(O)c1ccc(C(F)(F)F)nc1. The molecule has 0 aliphatic carbocycles. The van der Waals surface area contributed by atoms with Crippen LogP contribution in [0.1, 0.15) is 17.4 Å². The van der Waals surface area contributed by atoms with Crippen molar-refractivity contribution in [3.8, 4) is 0 Å². The highest BCUT2D eigenvalue weighted by Gasteiger charge is 2.32. The van der Waals surface area contributed by atoms with Crippen molar-refractivity contribution in [2.75, 3.05) is 12.4 Å². The molecular formula is C10H10ClF3N2O2. The van der Waals surface area contributed by atoms with E-state index in [0.717, 1.165) is 18.3 Å². The fourth-order valence-corrected chi connectivity index (χ4v) is 1.24. The Bertz CT molecular complexity index is 409. The van der Waals surface area contributed by atoms with Crippen molar-refractivity contribution >= 4 is 17.5 Å². The third-order valence-corrected chi connectivity index (χ3v) is 2.32. The molecule has 0 saturated carbocycles. The average Bonchev–Trinajstić information content (AvgIpc) is 2.34. The first-order valence-electron chi connectivity index (χ1n) is 4.88. The predicted molar refractivity (Wildman–Crippen MR) is 57.9 cm³/mol. The minimum Gasteiger partial charge on any atom is -0.387 e. The Morgan fingerprint density at radius 1 is 1.50 bits per heavy atom. The van der Waals surface area contributed by atoms with Crippen LogP contribution in [0.2, 0.25) is 0 Å². The second kappa shape index (κ2) is 6.01. The molecule has 0 saturated heterocycles. The van der Waals surface area contributed by atoms with Crippen molar-refractivity contribution in [3.05, 3.63) is 29.6 Å². The maximum absolute atomic E-state index is 12.2. The third kappa shape index (κ3) is 4.15. The van der Waals surface area contributed by atoms with Crippen LogP contribution in [0.5, 0.6) is 0 Å². The molecule has 1 unspecified atom stereocenters. The van der Waals surface area contributed by atoms with Crippen molar-refractivity contribution in [2.45, 2.75) is 12.3 Å². The number of halogens is 4. The normalized spacial score (nSPS) is 13.2. The van der Waals surface area contributed by atoms with E-state index in [9.17, 15) is 23.1 Å². The van der Waals surface area contributed by atoms with Gasteiger partial charge in [-0.05, 0) is 6.07 Å². The Morgan fingerprint density at radius 3 is 2.61 bits per heavy atom. The maximum atomic E-state index is 12.2. The number of amides is 1. The molecule has 1 aromatic heterocycles. The van der Waals surface area contributed by atoms with Gasteiger partial charge in [0.2, 0.25) is 5.91 Å². The molecule has 1 atom stereocenters. The molecule has 1 heterocycles. The zero-order chi connectivity index (χ0) is 13.8. The summed E-state index contributed by atoms with van der Waals surface area (Å²) in [6.07, 6.45) is -4.73. The summed E-state index contributed by atoms with van der Waals surface area (Å²) in [6.45, 7) is -0.140. The number of pyridine rings is 1. The molecule has 1 aromatic rings. The highest BCUT2D eigenvalue weighted by Crippen LogP contribution is 2.27. The lowest BCUT2D eigenvalue weighted by Gasteiger charge is -2.12. The molecule has 8 heteroatoms. The smallest absolute Gasteiger partial charge is 0.387 e. The van der Waals surface area contributed by atoms with Crippen LogP contribution < -0.4 is 5.32 Å². The summed E-state index contributed by atoms with van der Waals surface area (Å²) in [5.41, 5.74) is -0.860. The second-order valence-electron chi connectivity index (χ2n) is 3.43. The predicted octanol–water partition coefficient (Wildman–Crippen LogP) is 1.49. The first-order valence-corrected chi connectivity index (χ1v) is 5.42. The number of carbonyl (C=O) groups is 1. The van der Waals surface area contributed by atoms with Gasteiger partial charge in [-0.1, -0.05) is 6.07 Å². The number of aliphatic hydroxyl groups is 1. The number of alkyl halides is 4. The van der Waals surface area contributed by atoms with E-state index in [-0.39, 0.29) is 18.0 Å². The summed E-state index contributed by atoms with van der Waals surface area (Å²) in [4.78, 5) is 14.0. The first kappa shape index (κ1) is 14.7. The Labute approximate surface area is 106 Å². The monoisotopic (exact) mass is 282 g/mol. The molecule has 0 bridgehead atoms. The van der Waals surface area contributed by atoms with Gasteiger partial charge < -0.3 is 10.4 Å². The van der Waals surface area contributed by atoms with Gasteiger partial charge in [0.05, 0.1) is 6.10 Å². The van der Waals surface area contributed by atoms with E-state index in [2.05, 4.69) is 10.3 Å². The van der Waals surface area contributed by atoms with Crippen molar-refractivity contribution in [1.29, 1.82) is 0 Å². The number of nitrogens with one attached hydrogen (secondary N) is 1. The van der Waals surface area contributed by atoms with Gasteiger partial charge in [-0.15, -0.1) is 11.6 Å². The van der Waals surface area contributed by atoms with Crippen LogP contribution in [0.4, 0.5) is 13.2 Å². The first-order chi connectivity index (χ1) is 8.34. The minimum absolute atomic E-state index is 0.140. The summed E-state index contributed by atoms with van der Waals surface area (Å²) < 4.78 is 36.7. The number of rotatable bonds is 4. The van der Waals surface area contributed by atoms with E-state index in [1.807, 2.05) is 0 Å². The van der Waals surface area contributed by atoms with Gasteiger partial charge in [-0.2, -0.15) is 13.2 Å². The van der Waals surface area contributed by atoms with Crippen LogP contribution in [-0.4, -0.2) is 28.4 Å². The molecular weight excluding hydrogens is 273 g/mol. The highest BCUT2D eigenvalue weighted by molar-refractivity contribution is 6.27. The molecule has 0 spiro atoms. The number of aromatic nitrogens is 1. The average molecular weight is 283 g/mol. The molecule has 1 rings (SSSR count). The van der Waals surface area contributed by atoms with E-state index in [0.29, 0.717) is 0 Å². The van der Waals surface area contributed by atoms with Gasteiger partial charge in [0.1, 0.15) is 11.6 Å². The van der Waals surface area contributed by atoms with Crippen molar-refractivity contribution in [2.24, 2.45) is 0 Å². The zero-order valence-corrected chi connectivity index (χ0v) is 9.79. The lowest BCUT2D eigenvalue weighted by Crippen LogP contribution is -2.29. The van der Waals surface area contributed by atoms with Crippen LogP contribution in [0.25, 0.3) is 0 Å². The Morgan fingerprint density at radius 2 is 2.17 bits per heavy atom. The van der Waals surface area contributed by atoms with Crippen molar-refractivity contribution < 1.29 is 23.1 Å². The molecule has 0 aliphatic heterocycles. The van der Waals surface area contributed by atoms with Gasteiger partial charge in [-0.25, -0.2) is 0 Å². The third-order valence-electron chi connectivity index (χ3n) is 2.08. The van der Waals surface area contributed by atoms with Gasteiger partial charge >= 0.3 is 6.18 Å². The zero-order valence-electron chi connectivity index (χ0n) is 9.04. The molecule has 0 aromatic carbocycles. The van der Waals surface area contributed by atoms with Crippen LogP contribution in [0.3, 0.4) is 0 Å². The fraction of sp³-hybridized carbons (Fsp3) is 0.400. The molecule has 18 heavy (non-hydrogen) atoms. The van der Waals surface area contributed by atoms with Gasteiger partial charge in [0.15, 0.2) is 0 Å². The van der Waals surface area contributed by atoms with E-state index in [1.165, 1.54) is 0 Å². The van der Waals surface area contributed by atoms with Crippen LogP contribution in [0, 0.1) is 0 Å².